The predicted octanol–water partition coefficient (Wildman–Crippen LogP) is 5.15. The molecule has 29 heavy (non-hydrogen) atoms. The number of carbonyl (C=O) groups is 2. The molecule has 4 rings (SSSR count). The van der Waals surface area contributed by atoms with Gasteiger partial charge in [-0.3, -0.25) is 9.59 Å². The summed E-state index contributed by atoms with van der Waals surface area (Å²) in [4.78, 5) is 26.0. The fourth-order valence-corrected chi connectivity index (χ4v) is 3.74. The molecule has 0 aliphatic heterocycles. The molecule has 4 nitrogen and oxygen atoms in total. The molecule has 0 spiro atoms. The average Bonchev–Trinajstić information content (AvgIpc) is 3.37. The SMILES string of the molecule is Cc1ccc(C(=O)NC2CC2)cc1NC(=O)c1ccc(-c2ccc(F)c(F)c2)s1. The number of halogens is 2. The van der Waals surface area contributed by atoms with Gasteiger partial charge in [-0.2, -0.15) is 0 Å². The smallest absolute Gasteiger partial charge is 0.265 e. The highest BCUT2D eigenvalue weighted by Crippen LogP contribution is 2.30. The minimum Gasteiger partial charge on any atom is -0.349 e. The van der Waals surface area contributed by atoms with Gasteiger partial charge in [0, 0.05) is 22.2 Å². The number of anilines is 1. The standard InChI is InChI=1S/C22H18F2N2O2S/c1-12-2-3-14(21(27)25-15-5-6-15)11-18(12)26-22(28)20-9-8-19(29-20)13-4-7-16(23)17(24)10-13/h2-4,7-11,15H,5-6H2,1H3,(H,25,27)(H,26,28). The van der Waals surface area contributed by atoms with Crippen molar-refractivity contribution in [2.75, 3.05) is 5.32 Å². The summed E-state index contributed by atoms with van der Waals surface area (Å²) < 4.78 is 26.6. The second-order valence-electron chi connectivity index (χ2n) is 7.02. The Hall–Kier alpha value is -3.06. The Kier molecular flexibility index (Phi) is 5.15. The minimum atomic E-state index is -0.932. The van der Waals surface area contributed by atoms with Crippen LogP contribution in [-0.4, -0.2) is 17.9 Å². The zero-order valence-corrected chi connectivity index (χ0v) is 16.4. The summed E-state index contributed by atoms with van der Waals surface area (Å²) in [6.45, 7) is 1.85. The molecule has 1 saturated carbocycles. The first kappa shape index (κ1) is 19.3. The highest BCUT2D eigenvalue weighted by atomic mass is 32.1. The summed E-state index contributed by atoms with van der Waals surface area (Å²) in [5.41, 5.74) is 2.38. The summed E-state index contributed by atoms with van der Waals surface area (Å²) >= 11 is 1.18. The van der Waals surface area contributed by atoms with Crippen LogP contribution < -0.4 is 10.6 Å². The van der Waals surface area contributed by atoms with Gasteiger partial charge in [-0.05, 0) is 67.3 Å². The lowest BCUT2D eigenvalue weighted by Gasteiger charge is -2.10. The Morgan fingerprint density at radius 1 is 0.966 bits per heavy atom. The summed E-state index contributed by atoms with van der Waals surface area (Å²) in [5.74, 6) is -2.32. The van der Waals surface area contributed by atoms with Crippen molar-refractivity contribution in [1.82, 2.24) is 5.32 Å². The van der Waals surface area contributed by atoms with Gasteiger partial charge in [-0.1, -0.05) is 12.1 Å². The second kappa shape index (κ2) is 7.75. The van der Waals surface area contributed by atoms with Gasteiger partial charge in [-0.25, -0.2) is 8.78 Å². The lowest BCUT2D eigenvalue weighted by molar-refractivity contribution is 0.0949. The van der Waals surface area contributed by atoms with Gasteiger partial charge in [0.1, 0.15) is 0 Å². The van der Waals surface area contributed by atoms with E-state index in [-0.39, 0.29) is 17.9 Å². The zero-order valence-electron chi connectivity index (χ0n) is 15.6. The maximum absolute atomic E-state index is 13.5. The van der Waals surface area contributed by atoms with Gasteiger partial charge in [-0.15, -0.1) is 11.3 Å². The minimum absolute atomic E-state index is 0.153. The molecule has 0 unspecified atom stereocenters. The molecule has 1 aromatic heterocycles. The highest BCUT2D eigenvalue weighted by Gasteiger charge is 2.24. The molecule has 1 heterocycles. The normalized spacial score (nSPS) is 13.2. The largest absolute Gasteiger partial charge is 0.349 e. The molecule has 1 aliphatic rings. The molecule has 148 valence electrons. The van der Waals surface area contributed by atoms with Gasteiger partial charge in [0.05, 0.1) is 4.88 Å². The highest BCUT2D eigenvalue weighted by molar-refractivity contribution is 7.17. The van der Waals surface area contributed by atoms with Crippen molar-refractivity contribution in [3.63, 3.8) is 0 Å². The van der Waals surface area contributed by atoms with Crippen LogP contribution in [0, 0.1) is 18.6 Å². The second-order valence-corrected chi connectivity index (χ2v) is 8.11. The third-order valence-electron chi connectivity index (χ3n) is 4.69. The molecule has 2 N–H and O–H groups in total. The predicted molar refractivity (Wildman–Crippen MR) is 109 cm³/mol. The number of hydrogen-bond acceptors (Lipinski definition) is 3. The van der Waals surface area contributed by atoms with E-state index in [1.807, 2.05) is 6.92 Å². The maximum Gasteiger partial charge on any atom is 0.265 e. The Labute approximate surface area is 170 Å². The van der Waals surface area contributed by atoms with E-state index < -0.39 is 11.6 Å². The van der Waals surface area contributed by atoms with Gasteiger partial charge >= 0.3 is 0 Å². The number of hydrogen-bond donors (Lipinski definition) is 2. The van der Waals surface area contributed by atoms with Gasteiger partial charge in [0.25, 0.3) is 11.8 Å². The van der Waals surface area contributed by atoms with Crippen molar-refractivity contribution in [2.45, 2.75) is 25.8 Å². The maximum atomic E-state index is 13.5. The molecule has 2 aromatic carbocycles. The van der Waals surface area contributed by atoms with E-state index in [4.69, 9.17) is 0 Å². The molecule has 0 saturated heterocycles. The van der Waals surface area contributed by atoms with E-state index in [9.17, 15) is 18.4 Å². The van der Waals surface area contributed by atoms with Crippen LogP contribution in [0.4, 0.5) is 14.5 Å². The lowest BCUT2D eigenvalue weighted by atomic mass is 10.1. The Morgan fingerprint density at radius 2 is 1.76 bits per heavy atom. The summed E-state index contributed by atoms with van der Waals surface area (Å²) in [5, 5.41) is 5.76. The molecular weight excluding hydrogens is 394 g/mol. The lowest BCUT2D eigenvalue weighted by Crippen LogP contribution is -2.25. The molecule has 1 fully saturated rings. The molecule has 2 amide bonds. The number of carbonyl (C=O) groups excluding carboxylic acids is 2. The average molecular weight is 412 g/mol. The zero-order chi connectivity index (χ0) is 20.5. The first-order chi connectivity index (χ1) is 13.9. The number of amides is 2. The number of nitrogens with one attached hydrogen (secondary N) is 2. The van der Waals surface area contributed by atoms with E-state index >= 15 is 0 Å². The van der Waals surface area contributed by atoms with E-state index in [0.717, 1.165) is 30.5 Å². The van der Waals surface area contributed by atoms with Crippen LogP contribution in [-0.2, 0) is 0 Å². The fourth-order valence-electron chi connectivity index (χ4n) is 2.84. The first-order valence-corrected chi connectivity index (χ1v) is 10.0. The third kappa shape index (κ3) is 4.35. The van der Waals surface area contributed by atoms with Crippen LogP contribution in [0.15, 0.2) is 48.5 Å². The molecule has 0 bridgehead atoms. The molecule has 0 radical (unpaired) electrons. The van der Waals surface area contributed by atoms with E-state index in [1.165, 1.54) is 17.4 Å². The van der Waals surface area contributed by atoms with Crippen molar-refractivity contribution in [3.05, 3.63) is 76.2 Å². The van der Waals surface area contributed by atoms with Gasteiger partial charge in [0.15, 0.2) is 11.6 Å². The van der Waals surface area contributed by atoms with E-state index in [1.54, 1.807) is 30.3 Å². The topological polar surface area (TPSA) is 58.2 Å². The first-order valence-electron chi connectivity index (χ1n) is 9.19. The Bertz CT molecular complexity index is 1110. The quantitative estimate of drug-likeness (QED) is 0.609. The van der Waals surface area contributed by atoms with Crippen LogP contribution in [0.2, 0.25) is 0 Å². The van der Waals surface area contributed by atoms with Gasteiger partial charge < -0.3 is 10.6 Å². The third-order valence-corrected chi connectivity index (χ3v) is 5.83. The molecule has 7 heteroatoms. The molecule has 0 atom stereocenters. The molecule has 1 aliphatic carbocycles. The van der Waals surface area contributed by atoms with E-state index in [2.05, 4.69) is 10.6 Å². The number of rotatable bonds is 5. The van der Waals surface area contributed by atoms with Gasteiger partial charge in [0.2, 0.25) is 0 Å². The van der Waals surface area contributed by atoms with Crippen molar-refractivity contribution in [1.29, 1.82) is 0 Å². The summed E-state index contributed by atoms with van der Waals surface area (Å²) in [7, 11) is 0. The number of aryl methyl sites for hydroxylation is 1. The monoisotopic (exact) mass is 412 g/mol. The Balaban J connectivity index is 1.51. The van der Waals surface area contributed by atoms with Crippen LogP contribution in [0.25, 0.3) is 10.4 Å². The fraction of sp³-hybridized carbons (Fsp3) is 0.182. The van der Waals surface area contributed by atoms with E-state index in [0.29, 0.717) is 26.6 Å². The number of benzene rings is 2. The van der Waals surface area contributed by atoms with Crippen LogP contribution in [0.1, 0.15) is 38.4 Å². The van der Waals surface area contributed by atoms with Crippen LogP contribution in [0.3, 0.4) is 0 Å². The van der Waals surface area contributed by atoms with Crippen LogP contribution >= 0.6 is 11.3 Å². The van der Waals surface area contributed by atoms with Crippen molar-refractivity contribution < 1.29 is 18.4 Å². The Morgan fingerprint density at radius 3 is 2.48 bits per heavy atom. The summed E-state index contributed by atoms with van der Waals surface area (Å²) in [6, 6.07) is 12.4. The van der Waals surface area contributed by atoms with Crippen LogP contribution in [0.5, 0.6) is 0 Å². The van der Waals surface area contributed by atoms with Crippen molar-refractivity contribution in [2.24, 2.45) is 0 Å². The summed E-state index contributed by atoms with van der Waals surface area (Å²) in [6.07, 6.45) is 2.00. The number of thiophene rings is 1. The van der Waals surface area contributed by atoms with Crippen molar-refractivity contribution >= 4 is 28.8 Å². The van der Waals surface area contributed by atoms with Crippen molar-refractivity contribution in [3.8, 4) is 10.4 Å². The molecular formula is C22H18F2N2O2S. The molecule has 3 aromatic rings.